The molecule has 2 nitrogen and oxygen atoms in total. The molecule has 76 valence electrons. The molecular formula is C12H12N2S. The Labute approximate surface area is 93.0 Å². The highest BCUT2D eigenvalue weighted by atomic mass is 32.1. The van der Waals surface area contributed by atoms with Gasteiger partial charge in [0.15, 0.2) is 0 Å². The summed E-state index contributed by atoms with van der Waals surface area (Å²) in [6.45, 7) is 3.10. The lowest BCUT2D eigenvalue weighted by atomic mass is 10.0. The number of anilines is 1. The van der Waals surface area contributed by atoms with Crippen LogP contribution in [-0.2, 0) is 13.0 Å². The highest BCUT2D eigenvalue weighted by Gasteiger charge is 2.17. The third kappa shape index (κ3) is 1.35. The first-order valence-electron chi connectivity index (χ1n) is 5.18. The molecule has 0 amide bonds. The van der Waals surface area contributed by atoms with Gasteiger partial charge in [-0.05, 0) is 24.1 Å². The van der Waals surface area contributed by atoms with E-state index in [0.29, 0.717) is 0 Å². The van der Waals surface area contributed by atoms with Crippen molar-refractivity contribution in [2.45, 2.75) is 19.9 Å². The third-order valence-corrected chi connectivity index (χ3v) is 3.66. The minimum atomic E-state index is 0.915. The topological polar surface area (TPSA) is 24.9 Å². The van der Waals surface area contributed by atoms with E-state index in [4.69, 9.17) is 0 Å². The Morgan fingerprint density at radius 3 is 3.27 bits per heavy atom. The molecule has 3 heteroatoms. The van der Waals surface area contributed by atoms with Gasteiger partial charge in [-0.3, -0.25) is 0 Å². The molecule has 0 aliphatic carbocycles. The van der Waals surface area contributed by atoms with Crippen LogP contribution in [0.2, 0.25) is 0 Å². The molecular weight excluding hydrogens is 204 g/mol. The molecule has 1 N–H and O–H groups in total. The Balaban J connectivity index is 2.21. The van der Waals surface area contributed by atoms with E-state index in [1.54, 1.807) is 11.3 Å². The SMILES string of the molecule is CCc1ccc2c(c1)-c1ncsc1CN2. The summed E-state index contributed by atoms with van der Waals surface area (Å²) in [6, 6.07) is 6.60. The molecule has 0 atom stereocenters. The Morgan fingerprint density at radius 1 is 1.47 bits per heavy atom. The Kier molecular flexibility index (Phi) is 1.99. The van der Waals surface area contributed by atoms with Crippen molar-refractivity contribution in [1.82, 2.24) is 4.98 Å². The zero-order valence-corrected chi connectivity index (χ0v) is 9.40. The second-order valence-corrected chi connectivity index (χ2v) is 4.65. The Hall–Kier alpha value is -1.35. The van der Waals surface area contributed by atoms with Crippen molar-refractivity contribution in [2.75, 3.05) is 5.32 Å². The molecule has 0 spiro atoms. The zero-order chi connectivity index (χ0) is 10.3. The van der Waals surface area contributed by atoms with Crippen molar-refractivity contribution in [3.8, 4) is 11.3 Å². The van der Waals surface area contributed by atoms with Gasteiger partial charge in [0.2, 0.25) is 0 Å². The highest BCUT2D eigenvalue weighted by Crippen LogP contribution is 2.36. The van der Waals surface area contributed by atoms with Crippen LogP contribution in [0.4, 0.5) is 5.69 Å². The van der Waals surface area contributed by atoms with E-state index in [1.807, 2.05) is 5.51 Å². The summed E-state index contributed by atoms with van der Waals surface area (Å²) in [4.78, 5) is 5.80. The lowest BCUT2D eigenvalue weighted by molar-refractivity contribution is 1.11. The number of rotatable bonds is 1. The van der Waals surface area contributed by atoms with Gasteiger partial charge in [0.05, 0.1) is 22.6 Å². The highest BCUT2D eigenvalue weighted by molar-refractivity contribution is 7.10. The van der Waals surface area contributed by atoms with Gasteiger partial charge in [0.1, 0.15) is 0 Å². The summed E-state index contributed by atoms with van der Waals surface area (Å²) in [5, 5.41) is 3.43. The molecule has 0 bridgehead atoms. The summed E-state index contributed by atoms with van der Waals surface area (Å²) in [5.74, 6) is 0. The van der Waals surface area contributed by atoms with Crippen molar-refractivity contribution in [2.24, 2.45) is 0 Å². The maximum atomic E-state index is 4.45. The van der Waals surface area contributed by atoms with Crippen LogP contribution in [0.3, 0.4) is 0 Å². The summed E-state index contributed by atoms with van der Waals surface area (Å²) in [7, 11) is 0. The van der Waals surface area contributed by atoms with Crippen LogP contribution >= 0.6 is 11.3 Å². The average Bonchev–Trinajstić information content (AvgIpc) is 2.76. The van der Waals surface area contributed by atoms with Crippen LogP contribution in [0.5, 0.6) is 0 Å². The minimum Gasteiger partial charge on any atom is -0.380 e. The van der Waals surface area contributed by atoms with E-state index in [-0.39, 0.29) is 0 Å². The molecule has 15 heavy (non-hydrogen) atoms. The Bertz CT molecular complexity index is 502. The van der Waals surface area contributed by atoms with E-state index < -0.39 is 0 Å². The molecule has 0 saturated heterocycles. The van der Waals surface area contributed by atoms with Gasteiger partial charge in [-0.25, -0.2) is 4.98 Å². The molecule has 0 unspecified atom stereocenters. The first-order valence-corrected chi connectivity index (χ1v) is 6.06. The number of aryl methyl sites for hydroxylation is 1. The molecule has 2 heterocycles. The number of benzene rings is 1. The van der Waals surface area contributed by atoms with Crippen LogP contribution in [0.25, 0.3) is 11.3 Å². The van der Waals surface area contributed by atoms with E-state index in [2.05, 4.69) is 35.4 Å². The number of hydrogen-bond acceptors (Lipinski definition) is 3. The molecule has 1 aliphatic heterocycles. The zero-order valence-electron chi connectivity index (χ0n) is 8.58. The summed E-state index contributed by atoms with van der Waals surface area (Å²) >= 11 is 1.73. The van der Waals surface area contributed by atoms with E-state index in [1.165, 1.54) is 27.4 Å². The number of fused-ring (bicyclic) bond motifs is 3. The fourth-order valence-electron chi connectivity index (χ4n) is 1.95. The molecule has 1 aromatic carbocycles. The van der Waals surface area contributed by atoms with Crippen molar-refractivity contribution < 1.29 is 0 Å². The van der Waals surface area contributed by atoms with Crippen LogP contribution in [0, 0.1) is 0 Å². The fourth-order valence-corrected chi connectivity index (χ4v) is 2.67. The minimum absolute atomic E-state index is 0.915. The molecule has 0 saturated carbocycles. The summed E-state index contributed by atoms with van der Waals surface area (Å²) in [5.41, 5.74) is 6.95. The van der Waals surface area contributed by atoms with Crippen molar-refractivity contribution in [1.29, 1.82) is 0 Å². The molecule has 3 rings (SSSR count). The molecule has 0 radical (unpaired) electrons. The van der Waals surface area contributed by atoms with E-state index in [9.17, 15) is 0 Å². The second-order valence-electron chi connectivity index (χ2n) is 3.71. The van der Waals surface area contributed by atoms with E-state index in [0.717, 1.165) is 13.0 Å². The van der Waals surface area contributed by atoms with Gasteiger partial charge < -0.3 is 5.32 Å². The third-order valence-electron chi connectivity index (χ3n) is 2.83. The molecule has 1 aliphatic rings. The van der Waals surface area contributed by atoms with Gasteiger partial charge in [-0.2, -0.15) is 0 Å². The molecule has 0 fully saturated rings. The predicted molar refractivity (Wildman–Crippen MR) is 64.3 cm³/mol. The molecule has 1 aromatic heterocycles. The largest absolute Gasteiger partial charge is 0.380 e. The monoisotopic (exact) mass is 216 g/mol. The van der Waals surface area contributed by atoms with Crippen LogP contribution < -0.4 is 5.32 Å². The maximum Gasteiger partial charge on any atom is 0.0882 e. The molecule has 2 aromatic rings. The fraction of sp³-hybridized carbons (Fsp3) is 0.250. The van der Waals surface area contributed by atoms with Crippen LogP contribution in [0.1, 0.15) is 17.4 Å². The first-order chi connectivity index (χ1) is 7.38. The lowest BCUT2D eigenvalue weighted by Gasteiger charge is -2.17. The lowest BCUT2D eigenvalue weighted by Crippen LogP contribution is -2.06. The quantitative estimate of drug-likeness (QED) is 0.791. The van der Waals surface area contributed by atoms with Gasteiger partial charge >= 0.3 is 0 Å². The predicted octanol–water partition coefficient (Wildman–Crippen LogP) is 3.30. The van der Waals surface area contributed by atoms with Crippen molar-refractivity contribution >= 4 is 17.0 Å². The number of nitrogens with one attached hydrogen (secondary N) is 1. The second kappa shape index (κ2) is 3.35. The normalized spacial score (nSPS) is 12.9. The van der Waals surface area contributed by atoms with Crippen molar-refractivity contribution in [3.05, 3.63) is 34.2 Å². The number of nitrogens with zero attached hydrogens (tertiary/aromatic N) is 1. The standard InChI is InChI=1S/C12H12N2S/c1-2-8-3-4-10-9(5-8)12-11(6-13-10)15-7-14-12/h3-5,7,13H,2,6H2,1H3. The van der Waals surface area contributed by atoms with E-state index >= 15 is 0 Å². The van der Waals surface area contributed by atoms with Crippen LogP contribution in [-0.4, -0.2) is 4.98 Å². The van der Waals surface area contributed by atoms with Gasteiger partial charge in [-0.15, -0.1) is 11.3 Å². The van der Waals surface area contributed by atoms with Gasteiger partial charge in [0.25, 0.3) is 0 Å². The van der Waals surface area contributed by atoms with Crippen molar-refractivity contribution in [3.63, 3.8) is 0 Å². The first kappa shape index (κ1) is 8.92. The van der Waals surface area contributed by atoms with Gasteiger partial charge in [-0.1, -0.05) is 13.0 Å². The van der Waals surface area contributed by atoms with Crippen LogP contribution in [0.15, 0.2) is 23.7 Å². The smallest absolute Gasteiger partial charge is 0.0882 e. The summed E-state index contributed by atoms with van der Waals surface area (Å²) < 4.78 is 0. The average molecular weight is 216 g/mol. The number of hydrogen-bond donors (Lipinski definition) is 1. The number of thiazole rings is 1. The Morgan fingerprint density at radius 2 is 2.40 bits per heavy atom. The van der Waals surface area contributed by atoms with Gasteiger partial charge in [0, 0.05) is 11.3 Å². The number of aromatic nitrogens is 1. The summed E-state index contributed by atoms with van der Waals surface area (Å²) in [6.07, 6.45) is 1.08. The maximum absolute atomic E-state index is 4.45.